The Balaban J connectivity index is 2.19. The van der Waals surface area contributed by atoms with E-state index in [9.17, 15) is 24.3 Å². The summed E-state index contributed by atoms with van der Waals surface area (Å²) in [5, 5.41) is 10.1. The van der Waals surface area contributed by atoms with Crippen LogP contribution in [0.25, 0.3) is 0 Å². The molecular formula is C21H26O9. The van der Waals surface area contributed by atoms with Gasteiger partial charge in [-0.25, -0.2) is 9.59 Å². The van der Waals surface area contributed by atoms with Crippen molar-refractivity contribution in [3.05, 3.63) is 24.3 Å². The lowest BCUT2D eigenvalue weighted by atomic mass is 9.54. The van der Waals surface area contributed by atoms with Crippen LogP contribution >= 0.6 is 0 Å². The molecule has 0 aromatic rings. The van der Waals surface area contributed by atoms with Crippen LogP contribution in [0.4, 0.5) is 0 Å². The lowest BCUT2D eigenvalue weighted by Gasteiger charge is -2.57. The summed E-state index contributed by atoms with van der Waals surface area (Å²) >= 11 is 0. The van der Waals surface area contributed by atoms with Crippen LogP contribution in [0.5, 0.6) is 0 Å². The molecule has 164 valence electrons. The Kier molecular flexibility index (Phi) is 5.41. The van der Waals surface area contributed by atoms with Gasteiger partial charge in [0.15, 0.2) is 5.60 Å². The lowest BCUT2D eigenvalue weighted by molar-refractivity contribution is -0.237. The number of esters is 3. The highest BCUT2D eigenvalue weighted by Gasteiger charge is 2.70. The van der Waals surface area contributed by atoms with E-state index in [-0.39, 0.29) is 11.1 Å². The average molecular weight is 422 g/mol. The third-order valence-corrected chi connectivity index (χ3v) is 6.14. The maximum Gasteiger partial charge on any atom is 0.337 e. The molecule has 1 saturated carbocycles. The van der Waals surface area contributed by atoms with Gasteiger partial charge in [-0.2, -0.15) is 0 Å². The van der Waals surface area contributed by atoms with Crippen LogP contribution < -0.4 is 0 Å². The molecule has 3 aliphatic rings. The summed E-state index contributed by atoms with van der Waals surface area (Å²) in [5.41, 5.74) is -2.89. The molecule has 9 nitrogen and oxygen atoms in total. The van der Waals surface area contributed by atoms with Crippen molar-refractivity contribution in [2.75, 3.05) is 6.61 Å². The largest absolute Gasteiger partial charge is 0.459 e. The van der Waals surface area contributed by atoms with Crippen LogP contribution in [0.15, 0.2) is 24.3 Å². The van der Waals surface area contributed by atoms with E-state index in [0.29, 0.717) is 12.9 Å². The van der Waals surface area contributed by atoms with Gasteiger partial charge in [0.1, 0.15) is 24.6 Å². The van der Waals surface area contributed by atoms with Crippen molar-refractivity contribution in [2.45, 2.75) is 57.7 Å². The van der Waals surface area contributed by atoms with Gasteiger partial charge < -0.3 is 24.1 Å². The zero-order valence-electron chi connectivity index (χ0n) is 17.4. The molecule has 0 spiro atoms. The number of rotatable bonds is 6. The fourth-order valence-electron chi connectivity index (χ4n) is 4.60. The van der Waals surface area contributed by atoms with Crippen molar-refractivity contribution in [3.63, 3.8) is 0 Å². The Bertz CT molecular complexity index is 819. The van der Waals surface area contributed by atoms with Crippen molar-refractivity contribution in [3.8, 4) is 0 Å². The summed E-state index contributed by atoms with van der Waals surface area (Å²) in [6.45, 7) is 13.3. The first-order valence-corrected chi connectivity index (χ1v) is 9.60. The number of carbonyl (C=O) groups is 4. The van der Waals surface area contributed by atoms with Gasteiger partial charge in [-0.05, 0) is 19.4 Å². The zero-order chi connectivity index (χ0) is 22.6. The van der Waals surface area contributed by atoms with E-state index < -0.39 is 65.2 Å². The standard InChI is InChI=1S/C21H26O9/c1-9(7-22)14-15(29-19(25)20(4,5)26)13-10(2)18(24)30-17(16(13)28-11(3)23)21(14,6)12-8-27-12/h7,12-17,26H,1-2,8H2,3-6H3/t12-,13-,14-,15-,16-,17-,21+/m0/s1. The fraction of sp³-hybridized carbons (Fsp3) is 0.619. The smallest absolute Gasteiger partial charge is 0.337 e. The Hall–Kier alpha value is -2.52. The molecule has 0 unspecified atom stereocenters. The summed E-state index contributed by atoms with van der Waals surface area (Å²) < 4.78 is 22.3. The van der Waals surface area contributed by atoms with Gasteiger partial charge in [0, 0.05) is 23.8 Å². The molecule has 0 aromatic carbocycles. The van der Waals surface area contributed by atoms with Crippen LogP contribution in [0.1, 0.15) is 27.7 Å². The van der Waals surface area contributed by atoms with Gasteiger partial charge in [0.2, 0.25) is 0 Å². The first-order chi connectivity index (χ1) is 13.8. The van der Waals surface area contributed by atoms with Crippen LogP contribution in [0.2, 0.25) is 0 Å². The van der Waals surface area contributed by atoms with Crippen molar-refractivity contribution in [1.82, 2.24) is 0 Å². The van der Waals surface area contributed by atoms with E-state index in [4.69, 9.17) is 18.9 Å². The molecule has 2 bridgehead atoms. The summed E-state index contributed by atoms with van der Waals surface area (Å²) in [4.78, 5) is 48.7. The van der Waals surface area contributed by atoms with E-state index in [1.807, 2.05) is 0 Å². The van der Waals surface area contributed by atoms with E-state index in [0.717, 1.165) is 0 Å². The summed E-state index contributed by atoms with van der Waals surface area (Å²) in [6, 6.07) is 0. The topological polar surface area (TPSA) is 129 Å². The number of ether oxygens (including phenoxy) is 4. The molecule has 9 heteroatoms. The monoisotopic (exact) mass is 422 g/mol. The van der Waals surface area contributed by atoms with Gasteiger partial charge in [-0.1, -0.05) is 20.1 Å². The Morgan fingerprint density at radius 1 is 1.30 bits per heavy atom. The number of epoxide rings is 1. The number of fused-ring (bicyclic) bond motifs is 2. The first kappa shape index (κ1) is 22.2. The second-order valence-electron chi connectivity index (χ2n) is 8.74. The van der Waals surface area contributed by atoms with Gasteiger partial charge >= 0.3 is 17.9 Å². The molecule has 3 fully saturated rings. The predicted molar refractivity (Wildman–Crippen MR) is 101 cm³/mol. The molecule has 2 saturated heterocycles. The Morgan fingerprint density at radius 3 is 2.37 bits per heavy atom. The van der Waals surface area contributed by atoms with E-state index in [2.05, 4.69) is 13.2 Å². The molecule has 3 rings (SSSR count). The minimum absolute atomic E-state index is 0.0616. The summed E-state index contributed by atoms with van der Waals surface area (Å²) in [7, 11) is 0. The van der Waals surface area contributed by atoms with Gasteiger partial charge in [-0.3, -0.25) is 9.59 Å². The van der Waals surface area contributed by atoms with Crippen molar-refractivity contribution < 1.29 is 43.2 Å². The first-order valence-electron chi connectivity index (χ1n) is 9.60. The van der Waals surface area contributed by atoms with Crippen molar-refractivity contribution in [1.29, 1.82) is 0 Å². The number of carbonyl (C=O) groups excluding carboxylic acids is 4. The van der Waals surface area contributed by atoms with Crippen LogP contribution in [-0.4, -0.2) is 65.9 Å². The average Bonchev–Trinajstić information content (AvgIpc) is 3.47. The van der Waals surface area contributed by atoms with Gasteiger partial charge in [0.05, 0.1) is 18.6 Å². The molecule has 2 aliphatic heterocycles. The van der Waals surface area contributed by atoms with E-state index in [1.165, 1.54) is 20.8 Å². The molecule has 2 heterocycles. The maximum absolute atomic E-state index is 12.6. The van der Waals surface area contributed by atoms with Crippen LogP contribution in [0, 0.1) is 17.3 Å². The van der Waals surface area contributed by atoms with Gasteiger partial charge in [0.25, 0.3) is 0 Å². The Labute approximate surface area is 174 Å². The number of aldehydes is 1. The van der Waals surface area contributed by atoms with E-state index in [1.54, 1.807) is 6.92 Å². The Morgan fingerprint density at radius 2 is 1.90 bits per heavy atom. The van der Waals surface area contributed by atoms with Crippen molar-refractivity contribution >= 4 is 24.2 Å². The molecule has 1 aliphatic carbocycles. The zero-order valence-corrected chi connectivity index (χ0v) is 17.4. The van der Waals surface area contributed by atoms with Gasteiger partial charge in [-0.15, -0.1) is 0 Å². The molecule has 0 amide bonds. The SMILES string of the molecule is C=C1C(=O)O[C@H]2[C@@H](OC(C)=O)[C@@H]1[C@H](OC(=O)C(C)(C)O)[C@H](C(=C)C=O)[C@@]2(C)[C@@H]1CO1. The highest BCUT2D eigenvalue weighted by atomic mass is 16.6. The second kappa shape index (κ2) is 7.31. The van der Waals surface area contributed by atoms with Crippen LogP contribution in [-0.2, 0) is 38.1 Å². The molecule has 0 aromatic heterocycles. The molecule has 1 N–H and O–H groups in total. The lowest BCUT2D eigenvalue weighted by Crippen LogP contribution is -2.69. The maximum atomic E-state index is 12.6. The fourth-order valence-corrected chi connectivity index (χ4v) is 4.60. The third kappa shape index (κ3) is 3.45. The van der Waals surface area contributed by atoms with E-state index >= 15 is 0 Å². The normalized spacial score (nSPS) is 37.6. The molecule has 7 atom stereocenters. The highest BCUT2D eigenvalue weighted by Crippen LogP contribution is 2.58. The number of aliphatic hydroxyl groups is 1. The van der Waals surface area contributed by atoms with Crippen molar-refractivity contribution in [2.24, 2.45) is 17.3 Å². The minimum atomic E-state index is -1.84. The predicted octanol–water partition coefficient (Wildman–Crippen LogP) is 0.489. The van der Waals surface area contributed by atoms with Crippen LogP contribution in [0.3, 0.4) is 0 Å². The number of hydrogen-bond donors (Lipinski definition) is 1. The minimum Gasteiger partial charge on any atom is -0.459 e. The molecule has 0 radical (unpaired) electrons. The molecule has 30 heavy (non-hydrogen) atoms. The number of hydrogen-bond acceptors (Lipinski definition) is 9. The summed E-state index contributed by atoms with van der Waals surface area (Å²) in [5.74, 6) is -4.14. The molecular weight excluding hydrogens is 396 g/mol. The highest BCUT2D eigenvalue weighted by molar-refractivity contribution is 5.90. The quantitative estimate of drug-likeness (QED) is 0.214. The second-order valence-corrected chi connectivity index (χ2v) is 8.74. The summed E-state index contributed by atoms with van der Waals surface area (Å²) in [6.07, 6.45) is -3.07. The third-order valence-electron chi connectivity index (χ3n) is 6.14.